The Bertz CT molecular complexity index is 1430. The third kappa shape index (κ3) is 4.87. The van der Waals surface area contributed by atoms with Crippen molar-refractivity contribution in [2.75, 3.05) is 12.4 Å². The van der Waals surface area contributed by atoms with Crippen molar-refractivity contribution in [3.8, 4) is 23.0 Å². The fourth-order valence-corrected chi connectivity index (χ4v) is 3.81. The molecule has 5 aromatic rings. The first-order valence-corrected chi connectivity index (χ1v) is 11.3. The van der Waals surface area contributed by atoms with Gasteiger partial charge < -0.3 is 19.2 Å². The number of nitrogens with one attached hydrogen (secondary N) is 1. The van der Waals surface area contributed by atoms with Gasteiger partial charge in [-0.3, -0.25) is 4.79 Å². The molecular weight excluding hydrogens is 440 g/mol. The number of anilines is 1. The number of amides is 1. The molecule has 0 radical (unpaired) electrons. The van der Waals surface area contributed by atoms with Gasteiger partial charge in [-0.05, 0) is 67.1 Å². The molecule has 1 unspecified atom stereocenters. The summed E-state index contributed by atoms with van der Waals surface area (Å²) in [5, 5.41) is 2.93. The molecule has 1 heterocycles. The van der Waals surface area contributed by atoms with Gasteiger partial charge in [0, 0.05) is 11.1 Å². The molecule has 1 aromatic heterocycles. The van der Waals surface area contributed by atoms with Crippen molar-refractivity contribution in [2.45, 2.75) is 13.0 Å². The molecule has 0 saturated carbocycles. The van der Waals surface area contributed by atoms with Crippen LogP contribution in [0, 0.1) is 0 Å². The van der Waals surface area contributed by atoms with Crippen molar-refractivity contribution >= 4 is 22.7 Å². The maximum Gasteiger partial charge on any atom is 0.255 e. The van der Waals surface area contributed by atoms with Gasteiger partial charge in [-0.25, -0.2) is 4.98 Å². The average Bonchev–Trinajstić information content (AvgIpc) is 3.34. The van der Waals surface area contributed by atoms with Crippen LogP contribution in [0.1, 0.15) is 28.9 Å². The van der Waals surface area contributed by atoms with Crippen molar-refractivity contribution in [2.24, 2.45) is 0 Å². The SMILES string of the molecule is COc1ccc(-c2nc3ccccc3o2)cc1NC(=O)c1ccc(OC(C)c2ccccc2)cc1. The van der Waals surface area contributed by atoms with Gasteiger partial charge in [0.15, 0.2) is 5.58 Å². The summed E-state index contributed by atoms with van der Waals surface area (Å²) in [4.78, 5) is 17.5. The third-order valence-electron chi connectivity index (χ3n) is 5.69. The standard InChI is InChI=1S/C29H24N2O4/c1-19(20-8-4-3-5-9-20)34-23-15-12-21(13-16-23)28(32)30-25-18-22(14-17-26(25)33-2)29-31-24-10-6-7-11-27(24)35-29/h3-19H,1-2H3,(H,30,32). The minimum atomic E-state index is -0.263. The highest BCUT2D eigenvalue weighted by atomic mass is 16.5. The number of ether oxygens (including phenoxy) is 2. The zero-order valence-corrected chi connectivity index (χ0v) is 19.4. The van der Waals surface area contributed by atoms with Gasteiger partial charge in [-0.1, -0.05) is 42.5 Å². The van der Waals surface area contributed by atoms with E-state index in [9.17, 15) is 4.79 Å². The Kier molecular flexibility index (Phi) is 6.18. The van der Waals surface area contributed by atoms with Crippen LogP contribution in [0.2, 0.25) is 0 Å². The van der Waals surface area contributed by atoms with Gasteiger partial charge in [0.1, 0.15) is 23.1 Å². The topological polar surface area (TPSA) is 73.6 Å². The number of aromatic nitrogens is 1. The van der Waals surface area contributed by atoms with Crippen molar-refractivity contribution in [3.05, 3.63) is 108 Å². The van der Waals surface area contributed by atoms with E-state index in [0.29, 0.717) is 34.2 Å². The summed E-state index contributed by atoms with van der Waals surface area (Å²) in [6.45, 7) is 1.99. The molecule has 0 fully saturated rings. The number of oxazole rings is 1. The van der Waals surface area contributed by atoms with Crippen LogP contribution in [-0.4, -0.2) is 18.0 Å². The molecule has 1 atom stereocenters. The largest absolute Gasteiger partial charge is 0.495 e. The van der Waals surface area contributed by atoms with Crippen LogP contribution in [-0.2, 0) is 0 Å². The number of carbonyl (C=O) groups excluding carboxylic acids is 1. The number of para-hydroxylation sites is 2. The van der Waals surface area contributed by atoms with Crippen molar-refractivity contribution in [3.63, 3.8) is 0 Å². The van der Waals surface area contributed by atoms with Crippen molar-refractivity contribution in [1.29, 1.82) is 0 Å². The molecule has 0 aliphatic rings. The van der Waals surface area contributed by atoms with Gasteiger partial charge in [0.2, 0.25) is 5.89 Å². The number of fused-ring (bicyclic) bond motifs is 1. The molecule has 0 aliphatic carbocycles. The van der Waals surface area contributed by atoms with Crippen LogP contribution in [0.15, 0.2) is 101 Å². The third-order valence-corrected chi connectivity index (χ3v) is 5.69. The van der Waals surface area contributed by atoms with Crippen LogP contribution < -0.4 is 14.8 Å². The number of methoxy groups -OCH3 is 1. The molecule has 35 heavy (non-hydrogen) atoms. The number of carbonyl (C=O) groups is 1. The van der Waals surface area contributed by atoms with E-state index < -0.39 is 0 Å². The van der Waals surface area contributed by atoms with Gasteiger partial charge in [0.05, 0.1) is 12.8 Å². The molecule has 0 aliphatic heterocycles. The monoisotopic (exact) mass is 464 g/mol. The number of nitrogens with zero attached hydrogens (tertiary/aromatic N) is 1. The van der Waals surface area contributed by atoms with Crippen LogP contribution in [0.3, 0.4) is 0 Å². The Hall–Kier alpha value is -4.58. The average molecular weight is 465 g/mol. The lowest BCUT2D eigenvalue weighted by Gasteiger charge is -2.15. The molecule has 5 rings (SSSR count). The summed E-state index contributed by atoms with van der Waals surface area (Å²) in [6, 6.07) is 30.0. The molecule has 6 nitrogen and oxygen atoms in total. The van der Waals surface area contributed by atoms with Gasteiger partial charge >= 0.3 is 0 Å². The zero-order valence-electron chi connectivity index (χ0n) is 19.4. The van der Waals surface area contributed by atoms with Gasteiger partial charge in [-0.15, -0.1) is 0 Å². The van der Waals surface area contributed by atoms with Crippen molar-refractivity contribution in [1.82, 2.24) is 4.98 Å². The quantitative estimate of drug-likeness (QED) is 0.284. The van der Waals surface area contributed by atoms with Gasteiger partial charge in [-0.2, -0.15) is 0 Å². The highest BCUT2D eigenvalue weighted by molar-refractivity contribution is 6.05. The maximum atomic E-state index is 13.0. The molecular formula is C29H24N2O4. The Morgan fingerprint density at radius 3 is 2.40 bits per heavy atom. The number of hydrogen-bond donors (Lipinski definition) is 1. The molecule has 1 N–H and O–H groups in total. The molecule has 174 valence electrons. The summed E-state index contributed by atoms with van der Waals surface area (Å²) < 4.78 is 17.3. The van der Waals surface area contributed by atoms with E-state index >= 15 is 0 Å². The minimum absolute atomic E-state index is 0.102. The van der Waals surface area contributed by atoms with Crippen LogP contribution in [0.4, 0.5) is 5.69 Å². The molecule has 6 heteroatoms. The van der Waals surface area contributed by atoms with E-state index in [1.54, 1.807) is 43.5 Å². The predicted octanol–water partition coefficient (Wildman–Crippen LogP) is 6.90. The number of rotatable bonds is 7. The predicted molar refractivity (Wildman–Crippen MR) is 136 cm³/mol. The smallest absolute Gasteiger partial charge is 0.255 e. The Morgan fingerprint density at radius 1 is 0.914 bits per heavy atom. The normalized spacial score (nSPS) is 11.7. The first-order chi connectivity index (χ1) is 17.1. The summed E-state index contributed by atoms with van der Waals surface area (Å²) >= 11 is 0. The van der Waals surface area contributed by atoms with Crippen LogP contribution in [0.25, 0.3) is 22.6 Å². The second kappa shape index (κ2) is 9.73. The van der Waals surface area contributed by atoms with E-state index in [4.69, 9.17) is 13.9 Å². The second-order valence-electron chi connectivity index (χ2n) is 8.05. The summed E-state index contributed by atoms with van der Waals surface area (Å²) in [5.41, 5.74) is 4.31. The fraction of sp³-hybridized carbons (Fsp3) is 0.103. The first-order valence-electron chi connectivity index (χ1n) is 11.3. The molecule has 0 saturated heterocycles. The zero-order chi connectivity index (χ0) is 24.2. The Balaban J connectivity index is 1.33. The van der Waals surface area contributed by atoms with E-state index in [0.717, 1.165) is 16.6 Å². The molecule has 0 bridgehead atoms. The lowest BCUT2D eigenvalue weighted by molar-refractivity contribution is 0.102. The first kappa shape index (κ1) is 22.2. The number of benzene rings is 4. The lowest BCUT2D eigenvalue weighted by atomic mass is 10.1. The summed E-state index contributed by atoms with van der Waals surface area (Å²) in [6.07, 6.45) is -0.102. The number of hydrogen-bond acceptors (Lipinski definition) is 5. The lowest BCUT2D eigenvalue weighted by Crippen LogP contribution is -2.13. The highest BCUT2D eigenvalue weighted by Gasteiger charge is 2.15. The fourth-order valence-electron chi connectivity index (χ4n) is 3.81. The van der Waals surface area contributed by atoms with E-state index in [-0.39, 0.29) is 12.0 Å². The van der Waals surface area contributed by atoms with Crippen LogP contribution in [0.5, 0.6) is 11.5 Å². The van der Waals surface area contributed by atoms with Crippen LogP contribution >= 0.6 is 0 Å². The highest BCUT2D eigenvalue weighted by Crippen LogP contribution is 2.32. The van der Waals surface area contributed by atoms with E-state index in [2.05, 4.69) is 10.3 Å². The molecule has 0 spiro atoms. The molecule has 4 aromatic carbocycles. The summed E-state index contributed by atoms with van der Waals surface area (Å²) in [5.74, 6) is 1.43. The van der Waals surface area contributed by atoms with Crippen molar-refractivity contribution < 1.29 is 18.7 Å². The second-order valence-corrected chi connectivity index (χ2v) is 8.05. The Morgan fingerprint density at radius 2 is 1.66 bits per heavy atom. The summed E-state index contributed by atoms with van der Waals surface area (Å²) in [7, 11) is 1.56. The molecule has 1 amide bonds. The van der Waals surface area contributed by atoms with E-state index in [1.807, 2.05) is 67.6 Å². The van der Waals surface area contributed by atoms with Gasteiger partial charge in [0.25, 0.3) is 5.91 Å². The minimum Gasteiger partial charge on any atom is -0.495 e. The van der Waals surface area contributed by atoms with E-state index in [1.165, 1.54) is 0 Å². The Labute approximate surface area is 203 Å². The maximum absolute atomic E-state index is 13.0.